The summed E-state index contributed by atoms with van der Waals surface area (Å²) in [6, 6.07) is 0. The van der Waals surface area contributed by atoms with E-state index in [0.29, 0.717) is 0 Å². The second kappa shape index (κ2) is 22.7. The zero-order valence-electron chi connectivity index (χ0n) is 13.2. The monoisotopic (exact) mass is 428 g/mol. The van der Waals surface area contributed by atoms with Crippen LogP contribution in [0, 0.1) is 0 Å². The number of halogens is 1. The van der Waals surface area contributed by atoms with E-state index in [1.54, 1.807) is 0 Å². The number of hydrogen-bond acceptors (Lipinski definition) is 1. The van der Waals surface area contributed by atoms with Gasteiger partial charge in [-0.2, -0.15) is 0 Å². The van der Waals surface area contributed by atoms with Gasteiger partial charge in [0.2, 0.25) is 0 Å². The van der Waals surface area contributed by atoms with Crippen molar-refractivity contribution in [2.24, 2.45) is 0 Å². The predicted octanol–water partition coefficient (Wildman–Crippen LogP) is 5.37. The molecule has 0 radical (unpaired) electrons. The Balaban J connectivity index is -0.00000144. The molecule has 0 unspecified atom stereocenters. The van der Waals surface area contributed by atoms with E-state index in [2.05, 4.69) is 13.8 Å². The molecule has 0 bridgehead atoms. The van der Waals surface area contributed by atoms with Crippen molar-refractivity contribution in [1.82, 2.24) is 0 Å². The van der Waals surface area contributed by atoms with E-state index in [-0.39, 0.29) is 29.8 Å². The van der Waals surface area contributed by atoms with Crippen molar-refractivity contribution in [1.29, 1.82) is 0 Å². The van der Waals surface area contributed by atoms with Crippen LogP contribution in [0.3, 0.4) is 0 Å². The number of rotatable bonds is 14. The van der Waals surface area contributed by atoms with Crippen LogP contribution in [0.25, 0.3) is 0 Å². The van der Waals surface area contributed by atoms with Gasteiger partial charge < -0.3 is 0 Å². The second-order valence-electron chi connectivity index (χ2n) is 5.57. The molecule has 0 saturated heterocycles. The average Bonchev–Trinajstić information content (AvgIpc) is 2.38. The summed E-state index contributed by atoms with van der Waals surface area (Å²) >= 11 is -2.11. The Morgan fingerprint density at radius 3 is 1.25 bits per heavy atom. The van der Waals surface area contributed by atoms with Crippen LogP contribution in [0.1, 0.15) is 90.9 Å². The SMILES string of the molecule is CCCCCCC[CH2][Sn](=[O])[CH2]CCCCCCC.Cl.[AlH3]. The van der Waals surface area contributed by atoms with Crippen molar-refractivity contribution in [3.05, 3.63) is 0 Å². The van der Waals surface area contributed by atoms with Crippen LogP contribution >= 0.6 is 12.4 Å². The molecule has 0 amide bonds. The molecule has 0 spiro atoms. The summed E-state index contributed by atoms with van der Waals surface area (Å²) in [5.41, 5.74) is 0. The van der Waals surface area contributed by atoms with Gasteiger partial charge in [0.05, 0.1) is 0 Å². The van der Waals surface area contributed by atoms with E-state index in [9.17, 15) is 3.08 Å². The first-order valence-electron chi connectivity index (χ1n) is 8.33. The Labute approximate surface area is 151 Å². The van der Waals surface area contributed by atoms with Gasteiger partial charge in [-0.15, -0.1) is 12.4 Å². The molecule has 0 aromatic rings. The normalized spacial score (nSPS) is 9.70. The summed E-state index contributed by atoms with van der Waals surface area (Å²) in [5, 5.41) is 0. The molecule has 4 heteroatoms. The van der Waals surface area contributed by atoms with Gasteiger partial charge in [0.25, 0.3) is 0 Å². The molecule has 0 atom stereocenters. The van der Waals surface area contributed by atoms with Gasteiger partial charge in [-0.05, 0) is 0 Å². The van der Waals surface area contributed by atoms with Crippen molar-refractivity contribution in [3.8, 4) is 0 Å². The first-order valence-corrected chi connectivity index (χ1v) is 13.5. The molecule has 0 N–H and O–H groups in total. The van der Waals surface area contributed by atoms with Crippen LogP contribution in [0.5, 0.6) is 0 Å². The van der Waals surface area contributed by atoms with Crippen LogP contribution in [0.2, 0.25) is 8.87 Å². The van der Waals surface area contributed by atoms with Crippen molar-refractivity contribution in [2.45, 2.75) is 99.8 Å². The molecule has 0 aliphatic carbocycles. The molecule has 1 nitrogen and oxygen atoms in total. The molecule has 0 heterocycles. The van der Waals surface area contributed by atoms with Crippen molar-refractivity contribution in [3.63, 3.8) is 0 Å². The summed E-state index contributed by atoms with van der Waals surface area (Å²) < 4.78 is 14.1. The predicted molar refractivity (Wildman–Crippen MR) is 100.0 cm³/mol. The largest absolute Gasteiger partial charge is 0.187 e. The van der Waals surface area contributed by atoms with Crippen LogP contribution in [0.15, 0.2) is 0 Å². The van der Waals surface area contributed by atoms with E-state index in [1.165, 1.54) is 77.0 Å². The van der Waals surface area contributed by atoms with Crippen LogP contribution < -0.4 is 0 Å². The van der Waals surface area contributed by atoms with Gasteiger partial charge in [0, 0.05) is 0 Å². The Kier molecular flexibility index (Phi) is 29.9. The van der Waals surface area contributed by atoms with Crippen molar-refractivity contribution >= 4 is 49.5 Å². The maximum absolute atomic E-state index is 11.9. The molecule has 0 saturated carbocycles. The summed E-state index contributed by atoms with van der Waals surface area (Å²) in [6.07, 6.45) is 16.0. The van der Waals surface area contributed by atoms with E-state index < -0.39 is 19.7 Å². The molecule has 20 heavy (non-hydrogen) atoms. The minimum atomic E-state index is -2.11. The van der Waals surface area contributed by atoms with E-state index >= 15 is 0 Å². The third-order valence-electron chi connectivity index (χ3n) is 3.62. The zero-order chi connectivity index (χ0) is 13.5. The van der Waals surface area contributed by atoms with E-state index in [0.717, 1.165) is 8.87 Å². The Morgan fingerprint density at radius 2 is 0.900 bits per heavy atom. The van der Waals surface area contributed by atoms with Crippen LogP contribution in [0.4, 0.5) is 0 Å². The molecule has 0 aromatic carbocycles. The minimum absolute atomic E-state index is 0. The van der Waals surface area contributed by atoms with E-state index in [1.807, 2.05) is 0 Å². The third-order valence-corrected chi connectivity index (χ3v) is 8.82. The average molecular weight is 428 g/mol. The molecular formula is C16H38AlClOSn. The Bertz CT molecular complexity index is 173. The molecule has 0 fully saturated rings. The summed E-state index contributed by atoms with van der Waals surface area (Å²) in [4.78, 5) is 0. The van der Waals surface area contributed by atoms with Crippen LogP contribution in [-0.4, -0.2) is 37.1 Å². The summed E-state index contributed by atoms with van der Waals surface area (Å²) in [7, 11) is 0. The molecule has 0 aliphatic heterocycles. The number of hydrogen-bond donors (Lipinski definition) is 0. The van der Waals surface area contributed by atoms with Gasteiger partial charge in [-0.3, -0.25) is 0 Å². The molecular weight excluding hydrogens is 389 g/mol. The first-order chi connectivity index (χ1) is 8.81. The molecule has 0 aromatic heterocycles. The third kappa shape index (κ3) is 21.7. The smallest absolute Gasteiger partial charge is 0.147 e. The second-order valence-corrected chi connectivity index (χ2v) is 11.5. The van der Waals surface area contributed by atoms with Crippen LogP contribution in [-0.2, 0) is 3.08 Å². The minimum Gasteiger partial charge on any atom is -0.147 e. The molecule has 0 aliphatic rings. The fourth-order valence-corrected chi connectivity index (χ4v) is 6.72. The van der Waals surface area contributed by atoms with Gasteiger partial charge in [-0.25, -0.2) is 0 Å². The van der Waals surface area contributed by atoms with Gasteiger partial charge in [-0.1, -0.05) is 0 Å². The standard InChI is InChI=1S/2C8H17.Al.ClH.O.Sn.3H/c2*1-3-5-7-8-6-4-2;;;;;;;/h2*1,3-8H2,2H3;;1H;;;;;. The van der Waals surface area contributed by atoms with Gasteiger partial charge in [0.1, 0.15) is 0 Å². The summed E-state index contributed by atoms with van der Waals surface area (Å²) in [5.74, 6) is 0. The molecule has 122 valence electrons. The number of unbranched alkanes of at least 4 members (excludes halogenated alkanes) is 10. The summed E-state index contributed by atoms with van der Waals surface area (Å²) in [6.45, 7) is 4.51. The fraction of sp³-hybridized carbons (Fsp3) is 1.00. The topological polar surface area (TPSA) is 17.1 Å². The first kappa shape index (κ1) is 26.3. The van der Waals surface area contributed by atoms with Gasteiger partial charge in [0.15, 0.2) is 17.4 Å². The zero-order valence-corrected chi connectivity index (χ0v) is 16.9. The maximum Gasteiger partial charge on any atom is 0.187 e. The van der Waals surface area contributed by atoms with Crippen molar-refractivity contribution in [2.75, 3.05) is 0 Å². The van der Waals surface area contributed by atoms with Gasteiger partial charge >= 0.3 is 123 Å². The quantitative estimate of drug-likeness (QED) is 0.269. The Morgan fingerprint density at radius 1 is 0.600 bits per heavy atom. The van der Waals surface area contributed by atoms with E-state index in [4.69, 9.17) is 0 Å². The fourth-order valence-electron chi connectivity index (χ4n) is 2.33. The maximum atomic E-state index is 11.9. The van der Waals surface area contributed by atoms with Crippen molar-refractivity contribution < 1.29 is 3.08 Å². The Hall–Kier alpha value is 1.42. The molecule has 0 rings (SSSR count).